The van der Waals surface area contributed by atoms with E-state index in [0.717, 1.165) is 6.42 Å². The molecule has 0 saturated carbocycles. The minimum Gasteiger partial charge on any atom is -0.467 e. The Kier molecular flexibility index (Phi) is 3.84. The van der Waals surface area contributed by atoms with Crippen LogP contribution in [0, 0.1) is 0 Å². The number of furan rings is 1. The molecule has 78 valence electrons. The smallest absolute Gasteiger partial charge is 0.132 e. The molecule has 1 aromatic rings. The van der Waals surface area contributed by atoms with E-state index in [1.807, 2.05) is 35.7 Å². The standard InChI is InChI=1S/C10H14O2S2/c11-8(9-3-1-4-12-9)7-10-13-5-2-6-14-10/h1,3-4,8,10-11H,2,5-7H2/t8-/m1/s1. The lowest BCUT2D eigenvalue weighted by Gasteiger charge is -2.22. The van der Waals surface area contributed by atoms with Gasteiger partial charge in [-0.25, -0.2) is 0 Å². The molecular formula is C10H14O2S2. The molecule has 4 heteroatoms. The molecule has 1 aliphatic heterocycles. The zero-order valence-corrected chi connectivity index (χ0v) is 9.52. The van der Waals surface area contributed by atoms with Crippen molar-refractivity contribution in [3.05, 3.63) is 24.2 Å². The summed E-state index contributed by atoms with van der Waals surface area (Å²) in [4.78, 5) is 0. The highest BCUT2D eigenvalue weighted by atomic mass is 32.2. The van der Waals surface area contributed by atoms with Crippen LogP contribution in [-0.2, 0) is 0 Å². The molecule has 0 aliphatic carbocycles. The van der Waals surface area contributed by atoms with Gasteiger partial charge in [-0.05, 0) is 30.1 Å². The van der Waals surface area contributed by atoms with Gasteiger partial charge in [0.05, 0.1) is 10.8 Å². The van der Waals surface area contributed by atoms with Crippen LogP contribution in [0.15, 0.2) is 22.8 Å². The van der Waals surface area contributed by atoms with Gasteiger partial charge in [0, 0.05) is 6.42 Å². The molecule has 14 heavy (non-hydrogen) atoms. The van der Waals surface area contributed by atoms with Gasteiger partial charge in [0.1, 0.15) is 11.9 Å². The van der Waals surface area contributed by atoms with Crippen LogP contribution in [0.5, 0.6) is 0 Å². The third-order valence-electron chi connectivity index (χ3n) is 2.18. The van der Waals surface area contributed by atoms with E-state index in [1.165, 1.54) is 17.9 Å². The summed E-state index contributed by atoms with van der Waals surface area (Å²) in [6.45, 7) is 0. The summed E-state index contributed by atoms with van der Waals surface area (Å²) < 4.78 is 5.70. The summed E-state index contributed by atoms with van der Waals surface area (Å²) in [6, 6.07) is 3.66. The summed E-state index contributed by atoms with van der Waals surface area (Å²) in [6.07, 6.45) is 3.26. The van der Waals surface area contributed by atoms with E-state index in [-0.39, 0.29) is 0 Å². The van der Waals surface area contributed by atoms with Crippen molar-refractivity contribution in [1.29, 1.82) is 0 Å². The molecule has 1 aromatic heterocycles. The second-order valence-corrected chi connectivity index (χ2v) is 6.21. The Bertz CT molecular complexity index is 255. The van der Waals surface area contributed by atoms with Crippen molar-refractivity contribution >= 4 is 23.5 Å². The lowest BCUT2D eigenvalue weighted by atomic mass is 10.2. The first kappa shape index (κ1) is 10.5. The molecule has 0 bridgehead atoms. The largest absolute Gasteiger partial charge is 0.467 e. The molecule has 1 aliphatic rings. The van der Waals surface area contributed by atoms with Crippen LogP contribution in [0.25, 0.3) is 0 Å². The molecule has 0 unspecified atom stereocenters. The van der Waals surface area contributed by atoms with Gasteiger partial charge in [-0.3, -0.25) is 0 Å². The number of aliphatic hydroxyl groups excluding tert-OH is 1. The van der Waals surface area contributed by atoms with Crippen molar-refractivity contribution in [3.8, 4) is 0 Å². The van der Waals surface area contributed by atoms with Crippen LogP contribution in [0.1, 0.15) is 24.7 Å². The van der Waals surface area contributed by atoms with Crippen LogP contribution in [0.3, 0.4) is 0 Å². The molecule has 2 heterocycles. The Morgan fingerprint density at radius 2 is 2.29 bits per heavy atom. The number of thioether (sulfide) groups is 2. The fourth-order valence-corrected chi connectivity index (χ4v) is 4.38. The number of hydrogen-bond acceptors (Lipinski definition) is 4. The molecule has 1 atom stereocenters. The maximum absolute atomic E-state index is 9.84. The van der Waals surface area contributed by atoms with Gasteiger partial charge in [-0.2, -0.15) is 0 Å². The Morgan fingerprint density at radius 1 is 1.50 bits per heavy atom. The molecule has 1 N–H and O–H groups in total. The van der Waals surface area contributed by atoms with E-state index in [0.29, 0.717) is 10.3 Å². The Morgan fingerprint density at radius 3 is 2.93 bits per heavy atom. The molecule has 1 fully saturated rings. The first-order valence-electron chi connectivity index (χ1n) is 4.81. The van der Waals surface area contributed by atoms with Crippen LogP contribution < -0.4 is 0 Å². The van der Waals surface area contributed by atoms with Crippen molar-refractivity contribution in [3.63, 3.8) is 0 Å². The van der Waals surface area contributed by atoms with Gasteiger partial charge in [-0.15, -0.1) is 23.5 Å². The van der Waals surface area contributed by atoms with Crippen LogP contribution >= 0.6 is 23.5 Å². The molecule has 0 aromatic carbocycles. The lowest BCUT2D eigenvalue weighted by Crippen LogP contribution is -2.11. The van der Waals surface area contributed by atoms with Gasteiger partial charge in [0.25, 0.3) is 0 Å². The topological polar surface area (TPSA) is 33.4 Å². The lowest BCUT2D eigenvalue weighted by molar-refractivity contribution is 0.145. The van der Waals surface area contributed by atoms with E-state index in [9.17, 15) is 5.11 Å². The highest BCUT2D eigenvalue weighted by Gasteiger charge is 2.20. The minimum atomic E-state index is -0.437. The quantitative estimate of drug-likeness (QED) is 0.865. The molecular weight excluding hydrogens is 216 g/mol. The fraction of sp³-hybridized carbons (Fsp3) is 0.600. The normalized spacial score (nSPS) is 20.9. The number of rotatable bonds is 3. The highest BCUT2D eigenvalue weighted by molar-refractivity contribution is 8.17. The summed E-state index contributed by atoms with van der Waals surface area (Å²) in [5, 5.41) is 9.84. The zero-order chi connectivity index (χ0) is 9.80. The van der Waals surface area contributed by atoms with E-state index in [1.54, 1.807) is 6.26 Å². The maximum Gasteiger partial charge on any atom is 0.132 e. The Labute approximate surface area is 92.5 Å². The molecule has 2 rings (SSSR count). The number of aliphatic hydroxyl groups is 1. The van der Waals surface area contributed by atoms with Gasteiger partial charge >= 0.3 is 0 Å². The molecule has 0 radical (unpaired) electrons. The second kappa shape index (κ2) is 5.14. The third-order valence-corrected chi connectivity index (χ3v) is 5.18. The zero-order valence-electron chi connectivity index (χ0n) is 7.89. The summed E-state index contributed by atoms with van der Waals surface area (Å²) >= 11 is 3.90. The predicted octanol–water partition coefficient (Wildman–Crippen LogP) is 2.90. The molecule has 0 spiro atoms. The monoisotopic (exact) mass is 230 g/mol. The van der Waals surface area contributed by atoms with Crippen LogP contribution in [0.4, 0.5) is 0 Å². The summed E-state index contributed by atoms with van der Waals surface area (Å²) in [5.41, 5.74) is 0. The fourth-order valence-electron chi connectivity index (χ4n) is 1.45. The third kappa shape index (κ3) is 2.72. The van der Waals surface area contributed by atoms with Crippen molar-refractivity contribution < 1.29 is 9.52 Å². The molecule has 1 saturated heterocycles. The van der Waals surface area contributed by atoms with E-state index in [4.69, 9.17) is 4.42 Å². The van der Waals surface area contributed by atoms with Gasteiger partial charge < -0.3 is 9.52 Å². The highest BCUT2D eigenvalue weighted by Crippen LogP contribution is 2.36. The first-order valence-corrected chi connectivity index (χ1v) is 6.90. The Balaban J connectivity index is 1.84. The SMILES string of the molecule is O[C@H](CC1SCCCS1)c1ccco1. The van der Waals surface area contributed by atoms with E-state index < -0.39 is 6.10 Å². The Hall–Kier alpha value is -0.0600. The van der Waals surface area contributed by atoms with E-state index >= 15 is 0 Å². The van der Waals surface area contributed by atoms with Crippen LogP contribution in [-0.4, -0.2) is 21.2 Å². The van der Waals surface area contributed by atoms with Gasteiger partial charge in [0.15, 0.2) is 0 Å². The number of hydrogen-bond donors (Lipinski definition) is 1. The molecule has 0 amide bonds. The van der Waals surface area contributed by atoms with Crippen molar-refractivity contribution in [2.24, 2.45) is 0 Å². The van der Waals surface area contributed by atoms with Crippen LogP contribution in [0.2, 0.25) is 0 Å². The maximum atomic E-state index is 9.84. The molecule has 2 nitrogen and oxygen atoms in total. The first-order chi connectivity index (χ1) is 6.86. The van der Waals surface area contributed by atoms with Gasteiger partial charge in [-0.1, -0.05) is 0 Å². The average Bonchev–Trinajstić information content (AvgIpc) is 2.72. The van der Waals surface area contributed by atoms with E-state index in [2.05, 4.69) is 0 Å². The summed E-state index contributed by atoms with van der Waals surface area (Å²) in [5.74, 6) is 3.14. The summed E-state index contributed by atoms with van der Waals surface area (Å²) in [7, 11) is 0. The minimum absolute atomic E-state index is 0.437. The average molecular weight is 230 g/mol. The second-order valence-electron chi connectivity index (χ2n) is 3.29. The van der Waals surface area contributed by atoms with Crippen molar-refractivity contribution in [2.75, 3.05) is 11.5 Å². The van der Waals surface area contributed by atoms with Crippen molar-refractivity contribution in [2.45, 2.75) is 23.5 Å². The van der Waals surface area contributed by atoms with Gasteiger partial charge in [0.2, 0.25) is 0 Å². The van der Waals surface area contributed by atoms with Crippen molar-refractivity contribution in [1.82, 2.24) is 0 Å². The predicted molar refractivity (Wildman–Crippen MR) is 61.6 cm³/mol.